The summed E-state index contributed by atoms with van der Waals surface area (Å²) in [6, 6.07) is 3.76. The van der Waals surface area contributed by atoms with E-state index in [9.17, 15) is 22.4 Å². The number of nitrogens with one attached hydrogen (secondary N) is 2. The molecule has 2 heterocycles. The molecule has 4 nitrogen and oxygen atoms in total. The van der Waals surface area contributed by atoms with Gasteiger partial charge in [-0.05, 0) is 24.5 Å². The smallest absolute Gasteiger partial charge is 0.334 e. The predicted octanol–water partition coefficient (Wildman–Crippen LogP) is 3.30. The molecule has 2 amide bonds. The summed E-state index contributed by atoms with van der Waals surface area (Å²) in [6.45, 7) is -0.476. The quantitative estimate of drug-likeness (QED) is 0.795. The lowest BCUT2D eigenvalue weighted by Crippen LogP contribution is -2.45. The molecule has 1 saturated heterocycles. The zero-order chi connectivity index (χ0) is 18.0. The Kier molecular flexibility index (Phi) is 5.43. The van der Waals surface area contributed by atoms with Gasteiger partial charge in [0.15, 0.2) is 0 Å². The minimum atomic E-state index is -4.23. The number of hydrogen-bond donors (Lipinski definition) is 2. The van der Waals surface area contributed by atoms with Crippen molar-refractivity contribution in [2.75, 3.05) is 25.4 Å². The molecule has 2 aliphatic heterocycles. The van der Waals surface area contributed by atoms with Crippen LogP contribution in [-0.2, 0) is 0 Å². The number of rotatable bonds is 3. The number of carbonyl (C=O) groups excluding carboxylic acids is 1. The molecule has 1 aromatic rings. The minimum Gasteiger partial charge on any atom is -0.334 e. The summed E-state index contributed by atoms with van der Waals surface area (Å²) in [5, 5.41) is 5.55. The molecule has 0 aliphatic carbocycles. The van der Waals surface area contributed by atoms with E-state index in [1.54, 1.807) is 12.1 Å². The van der Waals surface area contributed by atoms with Crippen LogP contribution in [0.3, 0.4) is 0 Å². The molecule has 0 aromatic heterocycles. The van der Waals surface area contributed by atoms with Crippen LogP contribution >= 0.6 is 11.8 Å². The van der Waals surface area contributed by atoms with Gasteiger partial charge in [0.1, 0.15) is 5.82 Å². The lowest BCUT2D eigenvalue weighted by Gasteiger charge is -2.27. The van der Waals surface area contributed by atoms with Gasteiger partial charge in [-0.2, -0.15) is 13.2 Å². The summed E-state index contributed by atoms with van der Waals surface area (Å²) in [5.41, 5.74) is 0.747. The van der Waals surface area contributed by atoms with E-state index in [0.717, 1.165) is 5.56 Å². The summed E-state index contributed by atoms with van der Waals surface area (Å²) in [5.74, 6) is 0.398. The first-order valence-corrected chi connectivity index (χ1v) is 9.08. The number of hydrogen-bond acceptors (Lipinski definition) is 3. The standard InChI is InChI=1S/C16H19F4N3OS/c17-12-3-1-2-11-13(5-7-25-14(11)12)22-15(24)21-10-4-6-23(8-10)9-16(18,19)20/h1-3,10,13H,4-9H2,(H2,21,22,24)/t10-,13+/m0/s1. The third-order valence-electron chi connectivity index (χ3n) is 4.34. The van der Waals surface area contributed by atoms with Crippen molar-refractivity contribution in [3.8, 4) is 0 Å². The van der Waals surface area contributed by atoms with Crippen LogP contribution in [0.25, 0.3) is 0 Å². The van der Waals surface area contributed by atoms with E-state index < -0.39 is 18.8 Å². The highest BCUT2D eigenvalue weighted by atomic mass is 32.2. The summed E-state index contributed by atoms with van der Waals surface area (Å²) in [4.78, 5) is 14.0. The van der Waals surface area contributed by atoms with Crippen LogP contribution < -0.4 is 10.6 Å². The Labute approximate surface area is 147 Å². The van der Waals surface area contributed by atoms with Crippen LogP contribution in [0.15, 0.2) is 23.1 Å². The monoisotopic (exact) mass is 377 g/mol. The number of likely N-dealkylation sites (tertiary alicyclic amines) is 1. The van der Waals surface area contributed by atoms with E-state index in [1.165, 1.54) is 22.7 Å². The molecule has 0 saturated carbocycles. The van der Waals surface area contributed by atoms with Crippen molar-refractivity contribution in [1.82, 2.24) is 15.5 Å². The number of alkyl halides is 3. The summed E-state index contributed by atoms with van der Waals surface area (Å²) in [7, 11) is 0. The zero-order valence-electron chi connectivity index (χ0n) is 13.4. The van der Waals surface area contributed by atoms with Crippen molar-refractivity contribution in [2.45, 2.75) is 36.0 Å². The van der Waals surface area contributed by atoms with Crippen LogP contribution in [0.2, 0.25) is 0 Å². The molecule has 1 aromatic carbocycles. The van der Waals surface area contributed by atoms with Gasteiger partial charge < -0.3 is 10.6 Å². The summed E-state index contributed by atoms with van der Waals surface area (Å²) >= 11 is 1.42. The molecule has 3 rings (SSSR count). The van der Waals surface area contributed by atoms with Gasteiger partial charge in [-0.3, -0.25) is 4.90 Å². The molecule has 25 heavy (non-hydrogen) atoms. The number of thioether (sulfide) groups is 1. The second kappa shape index (κ2) is 7.41. The van der Waals surface area contributed by atoms with Crippen LogP contribution in [0, 0.1) is 5.82 Å². The third kappa shape index (κ3) is 4.78. The first-order valence-electron chi connectivity index (χ1n) is 8.09. The fourth-order valence-corrected chi connectivity index (χ4v) is 4.41. The third-order valence-corrected chi connectivity index (χ3v) is 5.50. The lowest BCUT2D eigenvalue weighted by molar-refractivity contribution is -0.143. The summed E-state index contributed by atoms with van der Waals surface area (Å²) in [6.07, 6.45) is -3.07. The van der Waals surface area contributed by atoms with Crippen molar-refractivity contribution in [1.29, 1.82) is 0 Å². The molecule has 0 unspecified atom stereocenters. The lowest BCUT2D eigenvalue weighted by atomic mass is 10.0. The Hall–Kier alpha value is -1.48. The van der Waals surface area contributed by atoms with Gasteiger partial charge in [-0.25, -0.2) is 9.18 Å². The zero-order valence-corrected chi connectivity index (χ0v) is 14.2. The van der Waals surface area contributed by atoms with Crippen molar-refractivity contribution in [3.63, 3.8) is 0 Å². The van der Waals surface area contributed by atoms with Crippen LogP contribution in [-0.4, -0.2) is 48.5 Å². The van der Waals surface area contributed by atoms with E-state index in [1.807, 2.05) is 0 Å². The fraction of sp³-hybridized carbons (Fsp3) is 0.562. The molecular formula is C16H19F4N3OS. The van der Waals surface area contributed by atoms with Crippen LogP contribution in [0.4, 0.5) is 22.4 Å². The molecule has 2 atom stereocenters. The minimum absolute atomic E-state index is 0.179. The number of nitrogens with zero attached hydrogens (tertiary/aromatic N) is 1. The van der Waals surface area contributed by atoms with Gasteiger partial charge in [-0.15, -0.1) is 11.8 Å². The highest BCUT2D eigenvalue weighted by Gasteiger charge is 2.35. The number of carbonyl (C=O) groups is 1. The van der Waals surface area contributed by atoms with Crippen molar-refractivity contribution >= 4 is 17.8 Å². The van der Waals surface area contributed by atoms with Gasteiger partial charge in [0.25, 0.3) is 0 Å². The second-order valence-corrected chi connectivity index (χ2v) is 7.41. The molecule has 2 aliphatic rings. The number of fused-ring (bicyclic) bond motifs is 1. The molecule has 9 heteroatoms. The predicted molar refractivity (Wildman–Crippen MR) is 87.0 cm³/mol. The Bertz CT molecular complexity index is 640. The number of benzene rings is 1. The van der Waals surface area contributed by atoms with E-state index >= 15 is 0 Å². The maximum atomic E-state index is 13.8. The number of amides is 2. The average molecular weight is 377 g/mol. The number of urea groups is 1. The van der Waals surface area contributed by atoms with Crippen LogP contribution in [0.5, 0.6) is 0 Å². The molecule has 138 valence electrons. The normalized spacial score (nSPS) is 24.0. The van der Waals surface area contributed by atoms with E-state index in [0.29, 0.717) is 30.0 Å². The largest absolute Gasteiger partial charge is 0.401 e. The first-order chi connectivity index (χ1) is 11.8. The second-order valence-electron chi connectivity index (χ2n) is 6.30. The SMILES string of the molecule is O=C(N[C@H]1CCN(CC(F)(F)F)C1)N[C@@H]1CCSc2c(F)cccc21. The molecule has 2 N–H and O–H groups in total. The van der Waals surface area contributed by atoms with Gasteiger partial charge in [0.05, 0.1) is 12.6 Å². The Balaban J connectivity index is 1.54. The maximum absolute atomic E-state index is 13.8. The molecular weight excluding hydrogens is 358 g/mol. The van der Waals surface area contributed by atoms with E-state index in [2.05, 4.69) is 10.6 Å². The molecule has 0 bridgehead atoms. The van der Waals surface area contributed by atoms with Gasteiger partial charge in [0.2, 0.25) is 0 Å². The molecule has 1 fully saturated rings. The Morgan fingerprint density at radius 2 is 2.08 bits per heavy atom. The van der Waals surface area contributed by atoms with E-state index in [-0.39, 0.29) is 24.4 Å². The van der Waals surface area contributed by atoms with Crippen molar-refractivity contribution < 1.29 is 22.4 Å². The Morgan fingerprint density at radius 3 is 2.84 bits per heavy atom. The van der Waals surface area contributed by atoms with Gasteiger partial charge in [-0.1, -0.05) is 12.1 Å². The molecule has 0 spiro atoms. The van der Waals surface area contributed by atoms with Gasteiger partial charge >= 0.3 is 12.2 Å². The first kappa shape index (κ1) is 18.3. The highest BCUT2D eigenvalue weighted by Crippen LogP contribution is 2.37. The highest BCUT2D eigenvalue weighted by molar-refractivity contribution is 7.99. The van der Waals surface area contributed by atoms with Crippen molar-refractivity contribution in [3.05, 3.63) is 29.6 Å². The van der Waals surface area contributed by atoms with Crippen molar-refractivity contribution in [2.24, 2.45) is 0 Å². The topological polar surface area (TPSA) is 44.4 Å². The van der Waals surface area contributed by atoms with Gasteiger partial charge in [0, 0.05) is 29.8 Å². The maximum Gasteiger partial charge on any atom is 0.401 e. The molecule has 0 radical (unpaired) electrons. The summed E-state index contributed by atoms with van der Waals surface area (Å²) < 4.78 is 51.1. The average Bonchev–Trinajstić information content (AvgIpc) is 2.93. The van der Waals surface area contributed by atoms with E-state index in [4.69, 9.17) is 0 Å². The Morgan fingerprint density at radius 1 is 1.28 bits per heavy atom. The van der Waals surface area contributed by atoms with Crippen LogP contribution in [0.1, 0.15) is 24.4 Å². The fourth-order valence-electron chi connectivity index (χ4n) is 3.27. The number of halogens is 4.